The Bertz CT molecular complexity index is 410. The summed E-state index contributed by atoms with van der Waals surface area (Å²) in [6, 6.07) is 2.70. The molecule has 0 aromatic carbocycles. The highest BCUT2D eigenvalue weighted by atomic mass is 16.5. The van der Waals surface area contributed by atoms with Crippen LogP contribution in [-0.2, 0) is 16.1 Å². The summed E-state index contributed by atoms with van der Waals surface area (Å²) in [6.45, 7) is 4.04. The molecule has 0 saturated heterocycles. The molecule has 1 N–H and O–H groups in total. The molecule has 0 amide bonds. The van der Waals surface area contributed by atoms with Crippen molar-refractivity contribution in [3.05, 3.63) is 24.0 Å². The van der Waals surface area contributed by atoms with Gasteiger partial charge in [0.2, 0.25) is 0 Å². The van der Waals surface area contributed by atoms with E-state index in [1.807, 2.05) is 0 Å². The fourth-order valence-electron chi connectivity index (χ4n) is 2.50. The average molecular weight is 264 g/mol. The Kier molecular flexibility index (Phi) is 5.02. The van der Waals surface area contributed by atoms with E-state index in [2.05, 4.69) is 40.0 Å². The van der Waals surface area contributed by atoms with Crippen molar-refractivity contribution in [2.75, 3.05) is 13.7 Å². The van der Waals surface area contributed by atoms with E-state index in [4.69, 9.17) is 0 Å². The van der Waals surface area contributed by atoms with Gasteiger partial charge in [-0.15, -0.1) is 0 Å². The Balaban J connectivity index is 1.85. The lowest BCUT2D eigenvalue weighted by Gasteiger charge is -2.15. The molecule has 1 unspecified atom stereocenters. The minimum Gasteiger partial charge on any atom is -0.469 e. The van der Waals surface area contributed by atoms with E-state index in [1.165, 1.54) is 25.5 Å². The Morgan fingerprint density at radius 3 is 3.00 bits per heavy atom. The van der Waals surface area contributed by atoms with E-state index < -0.39 is 0 Å². The number of esters is 1. The molecule has 1 saturated carbocycles. The van der Waals surface area contributed by atoms with E-state index in [0.717, 1.165) is 25.4 Å². The first-order valence-electron chi connectivity index (χ1n) is 7.20. The van der Waals surface area contributed by atoms with Gasteiger partial charge in [-0.3, -0.25) is 4.79 Å². The van der Waals surface area contributed by atoms with Gasteiger partial charge in [0.15, 0.2) is 0 Å². The van der Waals surface area contributed by atoms with Crippen LogP contribution in [-0.4, -0.2) is 24.2 Å². The maximum absolute atomic E-state index is 11.1. The second-order valence-electron chi connectivity index (χ2n) is 5.24. The van der Waals surface area contributed by atoms with Crippen molar-refractivity contribution in [1.29, 1.82) is 0 Å². The molecule has 1 aromatic rings. The minimum absolute atomic E-state index is 0.129. The molecule has 4 heteroatoms. The maximum atomic E-state index is 11.1. The van der Waals surface area contributed by atoms with Gasteiger partial charge >= 0.3 is 5.97 Å². The minimum atomic E-state index is -0.129. The van der Waals surface area contributed by atoms with Gasteiger partial charge in [-0.1, -0.05) is 6.92 Å². The lowest BCUT2D eigenvalue weighted by Crippen LogP contribution is -2.22. The van der Waals surface area contributed by atoms with Gasteiger partial charge in [-0.25, -0.2) is 0 Å². The number of hydrogen-bond acceptors (Lipinski definition) is 3. The van der Waals surface area contributed by atoms with Gasteiger partial charge in [0.05, 0.1) is 7.11 Å². The van der Waals surface area contributed by atoms with E-state index >= 15 is 0 Å². The molecule has 106 valence electrons. The first kappa shape index (κ1) is 14.1. The molecule has 1 aliphatic carbocycles. The van der Waals surface area contributed by atoms with E-state index in [0.29, 0.717) is 12.5 Å². The van der Waals surface area contributed by atoms with Crippen LogP contribution in [0.25, 0.3) is 0 Å². The summed E-state index contributed by atoms with van der Waals surface area (Å²) in [5.74, 6) is 0.682. The van der Waals surface area contributed by atoms with Crippen LogP contribution in [0.4, 0.5) is 0 Å². The number of carbonyl (C=O) groups is 1. The summed E-state index contributed by atoms with van der Waals surface area (Å²) in [7, 11) is 1.44. The van der Waals surface area contributed by atoms with Crippen molar-refractivity contribution in [1.82, 2.24) is 9.88 Å². The van der Waals surface area contributed by atoms with Crippen LogP contribution in [0.1, 0.15) is 44.2 Å². The van der Waals surface area contributed by atoms with Crippen molar-refractivity contribution in [3.63, 3.8) is 0 Å². The third-order valence-electron chi connectivity index (χ3n) is 3.67. The summed E-state index contributed by atoms with van der Waals surface area (Å²) in [5, 5.41) is 3.57. The average Bonchev–Trinajstić information content (AvgIpc) is 3.15. The maximum Gasteiger partial charge on any atom is 0.305 e. The molecule has 4 nitrogen and oxygen atoms in total. The third-order valence-corrected chi connectivity index (χ3v) is 3.67. The first-order chi connectivity index (χ1) is 9.24. The SMILES string of the molecule is CCNC(c1ccn(CCCC(=O)OC)c1)C1CC1. The van der Waals surface area contributed by atoms with Crippen molar-refractivity contribution < 1.29 is 9.53 Å². The molecule has 0 spiro atoms. The van der Waals surface area contributed by atoms with Gasteiger partial charge < -0.3 is 14.6 Å². The number of nitrogens with zero attached hydrogens (tertiary/aromatic N) is 1. The zero-order valence-corrected chi connectivity index (χ0v) is 11.9. The van der Waals surface area contributed by atoms with Crippen LogP contribution in [0, 0.1) is 5.92 Å². The Labute approximate surface area is 115 Å². The number of ether oxygens (including phenoxy) is 1. The van der Waals surface area contributed by atoms with Crippen LogP contribution in [0.5, 0.6) is 0 Å². The van der Waals surface area contributed by atoms with E-state index in [-0.39, 0.29) is 5.97 Å². The van der Waals surface area contributed by atoms with E-state index in [9.17, 15) is 4.79 Å². The molecular weight excluding hydrogens is 240 g/mol. The molecular formula is C15H24N2O2. The molecule has 0 aliphatic heterocycles. The van der Waals surface area contributed by atoms with Crippen molar-refractivity contribution >= 4 is 5.97 Å². The van der Waals surface area contributed by atoms with Gasteiger partial charge in [-0.2, -0.15) is 0 Å². The molecule has 0 bridgehead atoms. The first-order valence-corrected chi connectivity index (χ1v) is 7.20. The molecule has 1 heterocycles. The molecule has 1 aliphatic rings. The van der Waals surface area contributed by atoms with Gasteiger partial charge in [0, 0.05) is 31.4 Å². The number of hydrogen-bond donors (Lipinski definition) is 1. The highest BCUT2D eigenvalue weighted by Crippen LogP contribution is 2.40. The number of aromatic nitrogens is 1. The topological polar surface area (TPSA) is 43.3 Å². The monoisotopic (exact) mass is 264 g/mol. The molecule has 2 rings (SSSR count). The van der Waals surface area contributed by atoms with Crippen LogP contribution < -0.4 is 5.32 Å². The number of carbonyl (C=O) groups excluding carboxylic acids is 1. The highest BCUT2D eigenvalue weighted by molar-refractivity contribution is 5.68. The Morgan fingerprint density at radius 1 is 1.58 bits per heavy atom. The van der Waals surface area contributed by atoms with Crippen molar-refractivity contribution in [2.45, 2.75) is 45.2 Å². The summed E-state index contributed by atoms with van der Waals surface area (Å²) in [4.78, 5) is 11.1. The number of methoxy groups -OCH3 is 1. The molecule has 1 fully saturated rings. The summed E-state index contributed by atoms with van der Waals surface area (Å²) in [6.07, 6.45) is 8.32. The molecule has 0 radical (unpaired) electrons. The Hall–Kier alpha value is -1.29. The Morgan fingerprint density at radius 2 is 2.37 bits per heavy atom. The summed E-state index contributed by atoms with van der Waals surface area (Å²) in [5.41, 5.74) is 1.38. The van der Waals surface area contributed by atoms with Gasteiger partial charge in [-0.05, 0) is 43.4 Å². The lowest BCUT2D eigenvalue weighted by atomic mass is 10.1. The lowest BCUT2D eigenvalue weighted by molar-refractivity contribution is -0.140. The molecule has 1 aromatic heterocycles. The van der Waals surface area contributed by atoms with Crippen molar-refractivity contribution in [3.8, 4) is 0 Å². The van der Waals surface area contributed by atoms with Crippen LogP contribution in [0.2, 0.25) is 0 Å². The number of rotatable bonds is 8. The normalized spacial score (nSPS) is 16.3. The number of aryl methyl sites for hydroxylation is 1. The van der Waals surface area contributed by atoms with Crippen molar-refractivity contribution in [2.24, 2.45) is 5.92 Å². The smallest absolute Gasteiger partial charge is 0.305 e. The second kappa shape index (κ2) is 6.75. The van der Waals surface area contributed by atoms with E-state index in [1.54, 1.807) is 0 Å². The summed E-state index contributed by atoms with van der Waals surface area (Å²) >= 11 is 0. The van der Waals surface area contributed by atoms with Gasteiger partial charge in [0.25, 0.3) is 0 Å². The fourth-order valence-corrected chi connectivity index (χ4v) is 2.50. The standard InChI is InChI=1S/C15H24N2O2/c1-3-16-15(12-6-7-12)13-8-10-17(11-13)9-4-5-14(18)19-2/h8,10-12,15-16H,3-7,9H2,1-2H3. The van der Waals surface area contributed by atoms with Crippen LogP contribution >= 0.6 is 0 Å². The largest absolute Gasteiger partial charge is 0.469 e. The predicted octanol–water partition coefficient (Wildman–Crippen LogP) is 2.50. The fraction of sp³-hybridized carbons (Fsp3) is 0.667. The predicted molar refractivity (Wildman–Crippen MR) is 74.8 cm³/mol. The zero-order valence-electron chi connectivity index (χ0n) is 11.9. The zero-order chi connectivity index (χ0) is 13.7. The summed E-state index contributed by atoms with van der Waals surface area (Å²) < 4.78 is 6.82. The second-order valence-corrected chi connectivity index (χ2v) is 5.24. The quantitative estimate of drug-likeness (QED) is 0.734. The van der Waals surface area contributed by atoms with Crippen LogP contribution in [0.3, 0.4) is 0 Å². The van der Waals surface area contributed by atoms with Gasteiger partial charge in [0.1, 0.15) is 0 Å². The van der Waals surface area contributed by atoms with Crippen LogP contribution in [0.15, 0.2) is 18.5 Å². The highest BCUT2D eigenvalue weighted by Gasteiger charge is 2.31. The third kappa shape index (κ3) is 4.10. The molecule has 1 atom stereocenters. The molecule has 19 heavy (non-hydrogen) atoms. The number of nitrogens with one attached hydrogen (secondary N) is 1.